The molecule has 1 fully saturated rings. The van der Waals surface area contributed by atoms with E-state index >= 15 is 0 Å². The van der Waals surface area contributed by atoms with Crippen molar-refractivity contribution in [3.8, 4) is 0 Å². The lowest BCUT2D eigenvalue weighted by Gasteiger charge is -2.24. The highest BCUT2D eigenvalue weighted by Gasteiger charge is 2.28. The summed E-state index contributed by atoms with van der Waals surface area (Å²) in [5.74, 6) is 0. The second-order valence-corrected chi connectivity index (χ2v) is 4.43. The third-order valence-corrected chi connectivity index (χ3v) is 3.29. The molecule has 2 rings (SSSR count). The van der Waals surface area contributed by atoms with Gasteiger partial charge >= 0.3 is 6.09 Å². The van der Waals surface area contributed by atoms with Crippen molar-refractivity contribution in [3.63, 3.8) is 0 Å². The first-order chi connectivity index (χ1) is 8.16. The van der Waals surface area contributed by atoms with Crippen LogP contribution in [-0.2, 0) is 4.74 Å². The highest BCUT2D eigenvalue weighted by Crippen LogP contribution is 2.25. The Morgan fingerprint density at radius 2 is 2.18 bits per heavy atom. The van der Waals surface area contributed by atoms with Gasteiger partial charge in [0.25, 0.3) is 0 Å². The van der Waals surface area contributed by atoms with Crippen LogP contribution in [0.15, 0.2) is 30.3 Å². The number of hydrogen-bond donors (Lipinski definition) is 1. The molecule has 1 aromatic rings. The molecule has 0 aliphatic carbocycles. The summed E-state index contributed by atoms with van der Waals surface area (Å²) in [6, 6.07) is 10.7. The van der Waals surface area contributed by atoms with E-state index < -0.39 is 6.09 Å². The van der Waals surface area contributed by atoms with Crippen LogP contribution in [0.3, 0.4) is 0 Å². The molecule has 0 aromatic heterocycles. The number of carbonyl (C=O) groups excluding carboxylic acids is 1. The van der Waals surface area contributed by atoms with Gasteiger partial charge < -0.3 is 10.5 Å². The van der Waals surface area contributed by atoms with Crippen molar-refractivity contribution in [2.24, 2.45) is 5.73 Å². The molecule has 1 aromatic carbocycles. The molecule has 1 heterocycles. The van der Waals surface area contributed by atoms with Gasteiger partial charge in [-0.25, -0.2) is 4.79 Å². The molecular weight excluding hydrogens is 216 g/mol. The van der Waals surface area contributed by atoms with Crippen LogP contribution >= 0.6 is 0 Å². The number of likely N-dealkylation sites (tertiary alicyclic amines) is 1. The number of hydrogen-bond acceptors (Lipinski definition) is 3. The number of primary amides is 1. The molecule has 92 valence electrons. The minimum atomic E-state index is -0.677. The average Bonchev–Trinajstić information content (AvgIpc) is 2.77. The fraction of sp³-hybridized carbons (Fsp3) is 0.462. The molecule has 1 amide bonds. The number of nitrogens with zero attached hydrogens (tertiary/aromatic N) is 1. The summed E-state index contributed by atoms with van der Waals surface area (Å²) in [4.78, 5) is 13.0. The zero-order chi connectivity index (χ0) is 12.3. The normalized spacial score (nSPS) is 22.3. The summed E-state index contributed by atoms with van der Waals surface area (Å²) in [7, 11) is 0. The van der Waals surface area contributed by atoms with E-state index in [4.69, 9.17) is 10.5 Å². The highest BCUT2D eigenvalue weighted by molar-refractivity contribution is 5.64. The quantitative estimate of drug-likeness (QED) is 0.869. The smallest absolute Gasteiger partial charge is 0.404 e. The van der Waals surface area contributed by atoms with Crippen molar-refractivity contribution < 1.29 is 9.53 Å². The van der Waals surface area contributed by atoms with Gasteiger partial charge in [0.2, 0.25) is 0 Å². The SMILES string of the molecule is C[C@H](c1ccccc1)N1CCC(OC(N)=O)C1. The molecule has 4 heteroatoms. The maximum Gasteiger partial charge on any atom is 0.404 e. The van der Waals surface area contributed by atoms with Gasteiger partial charge in [0.15, 0.2) is 0 Å². The number of amides is 1. The maximum atomic E-state index is 10.7. The van der Waals surface area contributed by atoms with Gasteiger partial charge in [-0.2, -0.15) is 0 Å². The Bertz CT molecular complexity index is 380. The van der Waals surface area contributed by atoms with Crippen LogP contribution < -0.4 is 5.73 Å². The maximum absolute atomic E-state index is 10.7. The van der Waals surface area contributed by atoms with Crippen LogP contribution in [0.2, 0.25) is 0 Å². The second kappa shape index (κ2) is 5.19. The fourth-order valence-corrected chi connectivity index (χ4v) is 2.31. The molecule has 0 radical (unpaired) electrons. The molecular formula is C13H18N2O2. The van der Waals surface area contributed by atoms with Gasteiger partial charge in [-0.3, -0.25) is 4.90 Å². The molecule has 1 saturated heterocycles. The van der Waals surface area contributed by atoms with Crippen LogP contribution in [0.25, 0.3) is 0 Å². The number of nitrogens with two attached hydrogens (primary N) is 1. The van der Waals surface area contributed by atoms with E-state index in [2.05, 4.69) is 24.0 Å². The molecule has 0 spiro atoms. The van der Waals surface area contributed by atoms with E-state index in [1.54, 1.807) is 0 Å². The lowest BCUT2D eigenvalue weighted by atomic mass is 10.1. The van der Waals surface area contributed by atoms with Gasteiger partial charge in [0.05, 0.1) is 0 Å². The molecule has 2 atom stereocenters. The van der Waals surface area contributed by atoms with Crippen LogP contribution in [0.4, 0.5) is 4.79 Å². The van der Waals surface area contributed by atoms with Crippen molar-refractivity contribution >= 4 is 6.09 Å². The summed E-state index contributed by atoms with van der Waals surface area (Å²) < 4.78 is 5.02. The third-order valence-electron chi connectivity index (χ3n) is 3.29. The Kier molecular flexibility index (Phi) is 3.64. The van der Waals surface area contributed by atoms with Crippen LogP contribution in [0.5, 0.6) is 0 Å². The van der Waals surface area contributed by atoms with E-state index in [0.29, 0.717) is 6.04 Å². The Hall–Kier alpha value is -1.55. The van der Waals surface area contributed by atoms with Gasteiger partial charge in [0, 0.05) is 19.1 Å². The van der Waals surface area contributed by atoms with E-state index in [1.165, 1.54) is 5.56 Å². The number of ether oxygens (including phenoxy) is 1. The first-order valence-electron chi connectivity index (χ1n) is 5.92. The van der Waals surface area contributed by atoms with Crippen molar-refractivity contribution in [3.05, 3.63) is 35.9 Å². The predicted octanol–water partition coefficient (Wildman–Crippen LogP) is 1.92. The number of rotatable bonds is 3. The number of carbonyl (C=O) groups is 1. The Morgan fingerprint density at radius 3 is 2.82 bits per heavy atom. The molecule has 1 aliphatic rings. The molecule has 2 N–H and O–H groups in total. The Balaban J connectivity index is 1.94. The number of benzene rings is 1. The summed E-state index contributed by atoms with van der Waals surface area (Å²) in [6.45, 7) is 3.87. The largest absolute Gasteiger partial charge is 0.445 e. The van der Waals surface area contributed by atoms with E-state index in [1.807, 2.05) is 18.2 Å². The van der Waals surface area contributed by atoms with Gasteiger partial charge in [-0.1, -0.05) is 30.3 Å². The van der Waals surface area contributed by atoms with E-state index in [-0.39, 0.29) is 6.10 Å². The molecule has 1 aliphatic heterocycles. The fourth-order valence-electron chi connectivity index (χ4n) is 2.31. The third kappa shape index (κ3) is 2.97. The summed E-state index contributed by atoms with van der Waals surface area (Å²) in [5, 5.41) is 0. The first-order valence-corrected chi connectivity index (χ1v) is 5.92. The van der Waals surface area contributed by atoms with Crippen LogP contribution in [0.1, 0.15) is 24.9 Å². The molecule has 1 unspecified atom stereocenters. The average molecular weight is 234 g/mol. The summed E-state index contributed by atoms with van der Waals surface area (Å²) in [6.07, 6.45) is 0.128. The van der Waals surface area contributed by atoms with Crippen LogP contribution in [-0.4, -0.2) is 30.2 Å². The first kappa shape index (κ1) is 11.9. The van der Waals surface area contributed by atoms with Crippen molar-refractivity contribution in [2.45, 2.75) is 25.5 Å². The lowest BCUT2D eigenvalue weighted by Crippen LogP contribution is -2.28. The second-order valence-electron chi connectivity index (χ2n) is 4.43. The zero-order valence-corrected chi connectivity index (χ0v) is 10.0. The Morgan fingerprint density at radius 1 is 1.47 bits per heavy atom. The van der Waals surface area contributed by atoms with Gasteiger partial charge in [0.1, 0.15) is 6.10 Å². The zero-order valence-electron chi connectivity index (χ0n) is 10.0. The standard InChI is InChI=1S/C13H18N2O2/c1-10(11-5-3-2-4-6-11)15-8-7-12(9-15)17-13(14)16/h2-6,10,12H,7-9H2,1H3,(H2,14,16)/t10-,12?/m1/s1. The highest BCUT2D eigenvalue weighted by atomic mass is 16.6. The monoisotopic (exact) mass is 234 g/mol. The topological polar surface area (TPSA) is 55.6 Å². The van der Waals surface area contributed by atoms with Gasteiger partial charge in [-0.05, 0) is 18.9 Å². The lowest BCUT2D eigenvalue weighted by molar-refractivity contribution is 0.105. The van der Waals surface area contributed by atoms with Crippen molar-refractivity contribution in [1.29, 1.82) is 0 Å². The summed E-state index contributed by atoms with van der Waals surface area (Å²) in [5.41, 5.74) is 6.31. The molecule has 17 heavy (non-hydrogen) atoms. The predicted molar refractivity (Wildman–Crippen MR) is 65.5 cm³/mol. The Labute approximate surface area is 101 Å². The van der Waals surface area contributed by atoms with Crippen molar-refractivity contribution in [1.82, 2.24) is 4.90 Å². The van der Waals surface area contributed by atoms with Crippen molar-refractivity contribution in [2.75, 3.05) is 13.1 Å². The van der Waals surface area contributed by atoms with Gasteiger partial charge in [-0.15, -0.1) is 0 Å². The van der Waals surface area contributed by atoms with E-state index in [9.17, 15) is 4.79 Å². The summed E-state index contributed by atoms with van der Waals surface area (Å²) >= 11 is 0. The van der Waals surface area contributed by atoms with Crippen LogP contribution in [0, 0.1) is 0 Å². The molecule has 0 saturated carbocycles. The molecule has 4 nitrogen and oxygen atoms in total. The van der Waals surface area contributed by atoms with E-state index in [0.717, 1.165) is 19.5 Å². The molecule has 0 bridgehead atoms. The minimum absolute atomic E-state index is 0.0568. The minimum Gasteiger partial charge on any atom is -0.445 e.